The molecule has 0 bridgehead atoms. The minimum absolute atomic E-state index is 0.0153. The van der Waals surface area contributed by atoms with Crippen LogP contribution in [0.25, 0.3) is 0 Å². The normalized spacial score (nSPS) is 16.1. The van der Waals surface area contributed by atoms with Gasteiger partial charge in [-0.2, -0.15) is 0 Å². The van der Waals surface area contributed by atoms with E-state index in [0.717, 1.165) is 6.42 Å². The molecule has 0 aliphatic carbocycles. The van der Waals surface area contributed by atoms with Crippen molar-refractivity contribution in [3.8, 4) is 0 Å². The van der Waals surface area contributed by atoms with Crippen LogP contribution in [0.4, 0.5) is 4.79 Å². The van der Waals surface area contributed by atoms with Crippen LogP contribution in [0.5, 0.6) is 0 Å². The minimum atomic E-state index is -1.29. The highest BCUT2D eigenvalue weighted by Crippen LogP contribution is 2.05. The van der Waals surface area contributed by atoms with Crippen LogP contribution in [0, 0.1) is 5.92 Å². The van der Waals surface area contributed by atoms with Gasteiger partial charge in [-0.3, -0.25) is 0 Å². The van der Waals surface area contributed by atoms with Crippen LogP contribution in [0.1, 0.15) is 34.1 Å². The molecule has 0 saturated carbocycles. The smallest absolute Gasteiger partial charge is 0.328 e. The Bertz CT molecular complexity index is 266. The summed E-state index contributed by atoms with van der Waals surface area (Å²) < 4.78 is 0. The third kappa shape index (κ3) is 5.53. The molecule has 3 atom stereocenters. The summed E-state index contributed by atoms with van der Waals surface area (Å²) in [6.07, 6.45) is -0.380. The van der Waals surface area contributed by atoms with Crippen LogP contribution in [0.15, 0.2) is 0 Å². The van der Waals surface area contributed by atoms with Crippen molar-refractivity contribution in [3.63, 3.8) is 0 Å². The third-order valence-corrected chi connectivity index (χ3v) is 2.60. The van der Waals surface area contributed by atoms with E-state index in [1.54, 1.807) is 0 Å². The second-order valence-corrected chi connectivity index (χ2v) is 4.43. The standard InChI is InChI=1S/C11H22N2O4/c1-5-8(6(2)3)12-11(17)13-9(7(4)14)10(15)16/h6-9,14H,5H2,1-4H3,(H,15,16)(H2,12,13,17). The van der Waals surface area contributed by atoms with Crippen LogP contribution in [0.2, 0.25) is 0 Å². The lowest BCUT2D eigenvalue weighted by atomic mass is 10.0. The largest absolute Gasteiger partial charge is 0.480 e. The molecule has 0 heterocycles. The predicted molar refractivity (Wildman–Crippen MR) is 63.7 cm³/mol. The van der Waals surface area contributed by atoms with E-state index in [-0.39, 0.29) is 12.0 Å². The Morgan fingerprint density at radius 2 is 1.71 bits per heavy atom. The molecule has 6 nitrogen and oxygen atoms in total. The number of rotatable bonds is 6. The highest BCUT2D eigenvalue weighted by atomic mass is 16.4. The molecule has 100 valence electrons. The Morgan fingerprint density at radius 1 is 1.18 bits per heavy atom. The summed E-state index contributed by atoms with van der Waals surface area (Å²) in [6, 6.07) is -1.88. The molecule has 0 rings (SSSR count). The fourth-order valence-corrected chi connectivity index (χ4v) is 1.48. The average molecular weight is 246 g/mol. The predicted octanol–water partition coefficient (Wildman–Crippen LogP) is 0.554. The van der Waals surface area contributed by atoms with Gasteiger partial charge in [0.25, 0.3) is 0 Å². The molecule has 6 heteroatoms. The van der Waals surface area contributed by atoms with Crippen LogP contribution in [-0.2, 0) is 4.79 Å². The van der Waals surface area contributed by atoms with Gasteiger partial charge in [-0.15, -0.1) is 0 Å². The molecule has 3 unspecified atom stereocenters. The van der Waals surface area contributed by atoms with Gasteiger partial charge in [0.1, 0.15) is 0 Å². The topological polar surface area (TPSA) is 98.7 Å². The molecule has 4 N–H and O–H groups in total. The fraction of sp³-hybridized carbons (Fsp3) is 0.818. The SMILES string of the molecule is CCC(NC(=O)NC(C(=O)O)C(C)O)C(C)C. The zero-order valence-electron chi connectivity index (χ0n) is 10.7. The molecule has 0 saturated heterocycles. The van der Waals surface area contributed by atoms with Gasteiger partial charge >= 0.3 is 12.0 Å². The number of aliphatic hydroxyl groups is 1. The maximum Gasteiger partial charge on any atom is 0.328 e. The summed E-state index contributed by atoms with van der Waals surface area (Å²) >= 11 is 0. The van der Waals surface area contributed by atoms with Gasteiger partial charge in [0.15, 0.2) is 6.04 Å². The quantitative estimate of drug-likeness (QED) is 0.550. The summed E-state index contributed by atoms with van der Waals surface area (Å²) in [5, 5.41) is 22.9. The van der Waals surface area contributed by atoms with Crippen molar-refractivity contribution in [1.82, 2.24) is 10.6 Å². The van der Waals surface area contributed by atoms with Crippen molar-refractivity contribution in [3.05, 3.63) is 0 Å². The Morgan fingerprint density at radius 3 is 2.00 bits per heavy atom. The molecule has 0 aromatic heterocycles. The van der Waals surface area contributed by atoms with E-state index in [2.05, 4.69) is 10.6 Å². The number of carboxylic acid groups (broad SMARTS) is 1. The molecular weight excluding hydrogens is 224 g/mol. The maximum atomic E-state index is 11.5. The van der Waals surface area contributed by atoms with Gasteiger partial charge < -0.3 is 20.8 Å². The maximum absolute atomic E-state index is 11.5. The van der Waals surface area contributed by atoms with Crippen LogP contribution in [0.3, 0.4) is 0 Å². The number of carbonyl (C=O) groups excluding carboxylic acids is 1. The van der Waals surface area contributed by atoms with Gasteiger partial charge in [0, 0.05) is 6.04 Å². The Balaban J connectivity index is 4.37. The van der Waals surface area contributed by atoms with E-state index < -0.39 is 24.1 Å². The molecule has 0 fully saturated rings. The van der Waals surface area contributed by atoms with Gasteiger partial charge in [-0.05, 0) is 19.3 Å². The molecular formula is C11H22N2O4. The minimum Gasteiger partial charge on any atom is -0.480 e. The van der Waals surface area contributed by atoms with E-state index in [9.17, 15) is 14.7 Å². The van der Waals surface area contributed by atoms with E-state index in [4.69, 9.17) is 5.11 Å². The summed E-state index contributed by atoms with van der Waals surface area (Å²) in [6.45, 7) is 7.20. The van der Waals surface area contributed by atoms with E-state index in [0.29, 0.717) is 0 Å². The molecule has 17 heavy (non-hydrogen) atoms. The summed E-state index contributed by atoms with van der Waals surface area (Å²) in [5.41, 5.74) is 0. The number of carbonyl (C=O) groups is 2. The van der Waals surface area contributed by atoms with Crippen molar-refractivity contribution < 1.29 is 19.8 Å². The lowest BCUT2D eigenvalue weighted by molar-refractivity contribution is -0.141. The first-order valence-electron chi connectivity index (χ1n) is 5.77. The van der Waals surface area contributed by atoms with Crippen molar-refractivity contribution >= 4 is 12.0 Å². The van der Waals surface area contributed by atoms with Crippen LogP contribution >= 0.6 is 0 Å². The second-order valence-electron chi connectivity index (χ2n) is 4.43. The molecule has 0 aliphatic heterocycles. The third-order valence-electron chi connectivity index (χ3n) is 2.60. The number of hydrogen-bond acceptors (Lipinski definition) is 3. The molecule has 0 aromatic rings. The number of hydrogen-bond donors (Lipinski definition) is 4. The van der Waals surface area contributed by atoms with Gasteiger partial charge in [-0.1, -0.05) is 20.8 Å². The van der Waals surface area contributed by atoms with E-state index >= 15 is 0 Å². The number of aliphatic carboxylic acids is 1. The van der Waals surface area contributed by atoms with E-state index in [1.165, 1.54) is 6.92 Å². The molecule has 2 amide bonds. The number of nitrogens with one attached hydrogen (secondary N) is 2. The lowest BCUT2D eigenvalue weighted by Crippen LogP contribution is -2.53. The lowest BCUT2D eigenvalue weighted by Gasteiger charge is -2.23. The van der Waals surface area contributed by atoms with Crippen LogP contribution < -0.4 is 10.6 Å². The zero-order chi connectivity index (χ0) is 13.6. The Kier molecular flexibility index (Phi) is 6.57. The van der Waals surface area contributed by atoms with Gasteiger partial charge in [-0.25, -0.2) is 9.59 Å². The summed E-state index contributed by atoms with van der Waals surface area (Å²) in [7, 11) is 0. The van der Waals surface area contributed by atoms with Crippen molar-refractivity contribution in [2.45, 2.75) is 52.3 Å². The highest BCUT2D eigenvalue weighted by Gasteiger charge is 2.25. The number of carboxylic acids is 1. The Labute approximate surface area is 101 Å². The number of amides is 2. The molecule has 0 radical (unpaired) electrons. The van der Waals surface area contributed by atoms with Gasteiger partial charge in [0.2, 0.25) is 0 Å². The second kappa shape index (κ2) is 7.11. The molecule has 0 spiro atoms. The zero-order valence-corrected chi connectivity index (χ0v) is 10.7. The van der Waals surface area contributed by atoms with Crippen molar-refractivity contribution in [2.75, 3.05) is 0 Å². The van der Waals surface area contributed by atoms with Gasteiger partial charge in [0.05, 0.1) is 6.10 Å². The first kappa shape index (κ1) is 15.7. The van der Waals surface area contributed by atoms with Crippen LogP contribution in [-0.4, -0.2) is 40.4 Å². The first-order chi connectivity index (χ1) is 7.79. The number of aliphatic hydroxyl groups excluding tert-OH is 1. The molecule has 0 aliphatic rings. The first-order valence-corrected chi connectivity index (χ1v) is 5.77. The van der Waals surface area contributed by atoms with Crippen molar-refractivity contribution in [1.29, 1.82) is 0 Å². The highest BCUT2D eigenvalue weighted by molar-refractivity contribution is 5.83. The monoisotopic (exact) mass is 246 g/mol. The Hall–Kier alpha value is -1.30. The van der Waals surface area contributed by atoms with E-state index in [1.807, 2.05) is 20.8 Å². The molecule has 0 aromatic carbocycles. The summed E-state index contributed by atoms with van der Waals surface area (Å²) in [4.78, 5) is 22.3. The summed E-state index contributed by atoms with van der Waals surface area (Å²) in [5.74, 6) is -0.992. The number of urea groups is 1. The average Bonchev–Trinajstić information content (AvgIpc) is 2.21. The van der Waals surface area contributed by atoms with Crippen molar-refractivity contribution in [2.24, 2.45) is 5.92 Å². The fourth-order valence-electron chi connectivity index (χ4n) is 1.48.